The lowest BCUT2D eigenvalue weighted by molar-refractivity contribution is -0.212. The average molecular weight is 310 g/mol. The standard InChI is InChI=1S/C13H14N2O7/c16-8-2-1-7-14(8)21-11(19)13(5-6-13)12(20)22-15-9(17)3-4-10(15)18/h1-7H2. The Labute approximate surface area is 125 Å². The van der Waals surface area contributed by atoms with E-state index in [-0.39, 0.29) is 31.6 Å². The van der Waals surface area contributed by atoms with Gasteiger partial charge in [-0.1, -0.05) is 0 Å². The summed E-state index contributed by atoms with van der Waals surface area (Å²) in [6, 6.07) is 0. The number of rotatable bonds is 4. The predicted octanol–water partition coefficient (Wildman–Crippen LogP) is -0.546. The van der Waals surface area contributed by atoms with Crippen LogP contribution in [-0.2, 0) is 33.6 Å². The fourth-order valence-corrected chi connectivity index (χ4v) is 2.35. The molecule has 3 rings (SSSR count). The summed E-state index contributed by atoms with van der Waals surface area (Å²) in [5.41, 5.74) is -1.52. The summed E-state index contributed by atoms with van der Waals surface area (Å²) in [6.07, 6.45) is 1.23. The van der Waals surface area contributed by atoms with Crippen molar-refractivity contribution in [1.29, 1.82) is 0 Å². The van der Waals surface area contributed by atoms with Crippen LogP contribution in [0.3, 0.4) is 0 Å². The van der Waals surface area contributed by atoms with Gasteiger partial charge in [0.05, 0.1) is 6.54 Å². The van der Waals surface area contributed by atoms with Gasteiger partial charge < -0.3 is 9.68 Å². The van der Waals surface area contributed by atoms with E-state index in [1.807, 2.05) is 0 Å². The molecule has 22 heavy (non-hydrogen) atoms. The molecule has 9 heteroatoms. The molecule has 0 spiro atoms. The molecule has 0 atom stereocenters. The molecule has 9 nitrogen and oxygen atoms in total. The summed E-state index contributed by atoms with van der Waals surface area (Å²) in [4.78, 5) is 68.2. The molecule has 0 radical (unpaired) electrons. The van der Waals surface area contributed by atoms with Crippen molar-refractivity contribution in [2.75, 3.05) is 6.54 Å². The zero-order valence-corrected chi connectivity index (χ0v) is 11.7. The number of hydrogen-bond acceptors (Lipinski definition) is 7. The molecule has 0 N–H and O–H groups in total. The zero-order chi connectivity index (χ0) is 15.9. The Morgan fingerprint density at radius 2 is 1.45 bits per heavy atom. The van der Waals surface area contributed by atoms with Crippen molar-refractivity contribution < 1.29 is 33.6 Å². The van der Waals surface area contributed by atoms with Crippen LogP contribution in [0.25, 0.3) is 0 Å². The molecule has 0 aromatic rings. The molecule has 0 unspecified atom stereocenters. The number of amides is 3. The van der Waals surface area contributed by atoms with Crippen LogP contribution in [0, 0.1) is 5.41 Å². The fourth-order valence-electron chi connectivity index (χ4n) is 2.35. The van der Waals surface area contributed by atoms with Crippen molar-refractivity contribution >= 4 is 29.7 Å². The van der Waals surface area contributed by atoms with E-state index in [0.29, 0.717) is 24.4 Å². The summed E-state index contributed by atoms with van der Waals surface area (Å²) in [5.74, 6) is -3.42. The monoisotopic (exact) mass is 310 g/mol. The van der Waals surface area contributed by atoms with Crippen molar-refractivity contribution in [3.63, 3.8) is 0 Å². The maximum absolute atomic E-state index is 12.1. The van der Waals surface area contributed by atoms with Gasteiger partial charge in [0.25, 0.3) is 17.7 Å². The molecule has 118 valence electrons. The Bertz CT molecular complexity index is 565. The Balaban J connectivity index is 1.63. The molecule has 2 saturated heterocycles. The third kappa shape index (κ3) is 2.32. The molecule has 0 bridgehead atoms. The molecule has 2 aliphatic heterocycles. The molecule has 0 aromatic carbocycles. The van der Waals surface area contributed by atoms with E-state index in [2.05, 4.69) is 0 Å². The molecule has 1 aliphatic carbocycles. The van der Waals surface area contributed by atoms with Crippen LogP contribution in [-0.4, -0.2) is 46.3 Å². The lowest BCUT2D eigenvalue weighted by atomic mass is 10.1. The summed E-state index contributed by atoms with van der Waals surface area (Å²) in [7, 11) is 0. The highest BCUT2D eigenvalue weighted by atomic mass is 16.7. The molecule has 3 fully saturated rings. The van der Waals surface area contributed by atoms with E-state index in [9.17, 15) is 24.0 Å². The highest BCUT2D eigenvalue weighted by Gasteiger charge is 2.62. The van der Waals surface area contributed by atoms with Crippen molar-refractivity contribution in [2.24, 2.45) is 5.41 Å². The van der Waals surface area contributed by atoms with Gasteiger partial charge in [-0.2, -0.15) is 5.06 Å². The SMILES string of the molecule is O=C1CCCN1OC(=O)C1(C(=O)ON2C(=O)CCC2=O)CC1. The first kappa shape index (κ1) is 14.5. The molecule has 2 heterocycles. The van der Waals surface area contributed by atoms with Gasteiger partial charge in [-0.3, -0.25) is 14.4 Å². The van der Waals surface area contributed by atoms with E-state index in [1.165, 1.54) is 0 Å². The van der Waals surface area contributed by atoms with Crippen LogP contribution in [0.4, 0.5) is 0 Å². The number of hydroxylamine groups is 4. The smallest absolute Gasteiger partial charge is 0.337 e. The first-order chi connectivity index (χ1) is 10.4. The topological polar surface area (TPSA) is 110 Å². The molecular formula is C13H14N2O7. The van der Waals surface area contributed by atoms with E-state index in [4.69, 9.17) is 9.68 Å². The van der Waals surface area contributed by atoms with E-state index in [1.54, 1.807) is 0 Å². The number of hydrogen-bond donors (Lipinski definition) is 0. The molecular weight excluding hydrogens is 296 g/mol. The Hall–Kier alpha value is -2.45. The van der Waals surface area contributed by atoms with Gasteiger partial charge >= 0.3 is 11.9 Å². The van der Waals surface area contributed by atoms with Gasteiger partial charge in [0.2, 0.25) is 0 Å². The van der Waals surface area contributed by atoms with Crippen molar-refractivity contribution in [3.05, 3.63) is 0 Å². The van der Waals surface area contributed by atoms with Crippen LogP contribution >= 0.6 is 0 Å². The third-order valence-electron chi connectivity index (χ3n) is 3.93. The number of nitrogens with zero attached hydrogens (tertiary/aromatic N) is 2. The molecule has 3 aliphatic rings. The fraction of sp³-hybridized carbons (Fsp3) is 0.615. The summed E-state index contributed by atoms with van der Waals surface area (Å²) in [5, 5.41) is 1.33. The largest absolute Gasteiger partial charge is 0.350 e. The van der Waals surface area contributed by atoms with Gasteiger partial charge in [-0.25, -0.2) is 9.59 Å². The van der Waals surface area contributed by atoms with E-state index in [0.717, 1.165) is 5.06 Å². The maximum Gasteiger partial charge on any atom is 0.350 e. The minimum Gasteiger partial charge on any atom is -0.337 e. The van der Waals surface area contributed by atoms with Crippen LogP contribution in [0.5, 0.6) is 0 Å². The lowest BCUT2D eigenvalue weighted by Crippen LogP contribution is -2.40. The lowest BCUT2D eigenvalue weighted by Gasteiger charge is -2.20. The van der Waals surface area contributed by atoms with Crippen molar-refractivity contribution in [1.82, 2.24) is 10.1 Å². The highest BCUT2D eigenvalue weighted by molar-refractivity contribution is 6.06. The van der Waals surface area contributed by atoms with Crippen molar-refractivity contribution in [2.45, 2.75) is 38.5 Å². The first-order valence-electron chi connectivity index (χ1n) is 7.05. The second-order valence-electron chi connectivity index (χ2n) is 5.52. The molecule has 3 amide bonds. The highest BCUT2D eigenvalue weighted by Crippen LogP contribution is 2.48. The third-order valence-corrected chi connectivity index (χ3v) is 3.93. The quantitative estimate of drug-likeness (QED) is 0.506. The molecule has 0 aromatic heterocycles. The Morgan fingerprint density at radius 1 is 0.864 bits per heavy atom. The van der Waals surface area contributed by atoms with Crippen LogP contribution in [0.15, 0.2) is 0 Å². The summed E-state index contributed by atoms with van der Waals surface area (Å²) >= 11 is 0. The van der Waals surface area contributed by atoms with E-state index >= 15 is 0 Å². The number of carbonyl (C=O) groups excluding carboxylic acids is 5. The van der Waals surface area contributed by atoms with Gasteiger partial charge in [-0.15, -0.1) is 5.06 Å². The Morgan fingerprint density at radius 3 is 1.95 bits per heavy atom. The number of carbonyl (C=O) groups is 5. The van der Waals surface area contributed by atoms with Gasteiger partial charge in [0, 0.05) is 19.3 Å². The summed E-state index contributed by atoms with van der Waals surface area (Å²) < 4.78 is 0. The summed E-state index contributed by atoms with van der Waals surface area (Å²) in [6.45, 7) is 0.290. The van der Waals surface area contributed by atoms with Crippen LogP contribution in [0.2, 0.25) is 0 Å². The van der Waals surface area contributed by atoms with Gasteiger partial charge in [-0.05, 0) is 19.3 Å². The zero-order valence-electron chi connectivity index (χ0n) is 11.7. The van der Waals surface area contributed by atoms with E-state index < -0.39 is 29.2 Å². The van der Waals surface area contributed by atoms with Crippen LogP contribution < -0.4 is 0 Å². The minimum atomic E-state index is -1.52. The molecule has 1 saturated carbocycles. The van der Waals surface area contributed by atoms with Crippen molar-refractivity contribution in [3.8, 4) is 0 Å². The van der Waals surface area contributed by atoms with Gasteiger partial charge in [0.15, 0.2) is 5.41 Å². The first-order valence-corrected chi connectivity index (χ1v) is 7.05. The maximum atomic E-state index is 12.1. The number of imide groups is 1. The second kappa shape index (κ2) is 5.08. The van der Waals surface area contributed by atoms with Crippen LogP contribution in [0.1, 0.15) is 38.5 Å². The minimum absolute atomic E-state index is 0.0220. The normalized spacial score (nSPS) is 23.0. The van der Waals surface area contributed by atoms with Gasteiger partial charge in [0.1, 0.15) is 0 Å². The Kier molecular flexibility index (Phi) is 3.34. The predicted molar refractivity (Wildman–Crippen MR) is 65.9 cm³/mol. The second-order valence-corrected chi connectivity index (χ2v) is 5.52. The average Bonchev–Trinajstić information content (AvgIpc) is 3.13.